The van der Waals surface area contributed by atoms with Crippen LogP contribution in [-0.2, 0) is 21.0 Å². The lowest BCUT2D eigenvalue weighted by atomic mass is 9.86. The molecule has 1 saturated carbocycles. The number of carbonyl (C=O) groups is 1. The Labute approximate surface area is 163 Å². The van der Waals surface area contributed by atoms with Gasteiger partial charge in [-0.3, -0.25) is 4.79 Å². The van der Waals surface area contributed by atoms with Crippen LogP contribution in [0.3, 0.4) is 0 Å². The van der Waals surface area contributed by atoms with Crippen molar-refractivity contribution in [1.82, 2.24) is 9.62 Å². The summed E-state index contributed by atoms with van der Waals surface area (Å²) in [5.41, 5.74) is -1.06. The molecule has 0 saturated heterocycles. The van der Waals surface area contributed by atoms with Gasteiger partial charge in [-0.05, 0) is 37.0 Å². The van der Waals surface area contributed by atoms with Gasteiger partial charge in [0.05, 0.1) is 17.0 Å². The first-order valence-corrected chi connectivity index (χ1v) is 10.6. The molecule has 0 aromatic heterocycles. The average molecular weight is 418 g/mol. The van der Waals surface area contributed by atoms with Crippen LogP contribution in [0.4, 0.5) is 13.2 Å². The fourth-order valence-corrected chi connectivity index (χ4v) is 4.73. The molecule has 0 spiro atoms. The van der Waals surface area contributed by atoms with E-state index in [1.165, 1.54) is 6.08 Å². The standard InChI is InChI=1S/C19H25F3N2O3S/c1-3-11-24(13-18(25)23-17-10-5-4-7-14(17)2)28(26,27)16-9-6-8-15(12-16)19(20,21)22/h3,6,8-9,12,14,17H,1,4-5,7,10-11,13H2,2H3,(H,23,25). The van der Waals surface area contributed by atoms with E-state index in [0.29, 0.717) is 12.0 Å². The van der Waals surface area contributed by atoms with Crippen molar-refractivity contribution in [3.05, 3.63) is 42.5 Å². The fourth-order valence-electron chi connectivity index (χ4n) is 3.32. The third-order valence-electron chi connectivity index (χ3n) is 4.91. The van der Waals surface area contributed by atoms with E-state index in [0.717, 1.165) is 48.2 Å². The first-order valence-electron chi connectivity index (χ1n) is 9.13. The predicted molar refractivity (Wildman–Crippen MR) is 100.0 cm³/mol. The second-order valence-corrected chi connectivity index (χ2v) is 8.99. The van der Waals surface area contributed by atoms with Gasteiger partial charge in [-0.15, -0.1) is 6.58 Å². The number of sulfonamides is 1. The monoisotopic (exact) mass is 418 g/mol. The number of rotatable bonds is 7. The summed E-state index contributed by atoms with van der Waals surface area (Å²) in [5, 5.41) is 2.86. The van der Waals surface area contributed by atoms with Gasteiger partial charge >= 0.3 is 6.18 Å². The van der Waals surface area contributed by atoms with Gasteiger partial charge in [0.25, 0.3) is 0 Å². The molecular weight excluding hydrogens is 393 g/mol. The molecule has 2 unspecified atom stereocenters. The quantitative estimate of drug-likeness (QED) is 0.689. The molecule has 1 aliphatic carbocycles. The van der Waals surface area contributed by atoms with Gasteiger partial charge in [-0.25, -0.2) is 8.42 Å². The van der Waals surface area contributed by atoms with E-state index in [4.69, 9.17) is 0 Å². The summed E-state index contributed by atoms with van der Waals surface area (Å²) >= 11 is 0. The first-order chi connectivity index (χ1) is 13.1. The van der Waals surface area contributed by atoms with E-state index in [1.54, 1.807) is 0 Å². The normalized spacial score (nSPS) is 20.8. The van der Waals surface area contributed by atoms with Crippen molar-refractivity contribution < 1.29 is 26.4 Å². The maximum absolute atomic E-state index is 12.9. The van der Waals surface area contributed by atoms with Crippen molar-refractivity contribution in [3.63, 3.8) is 0 Å². The molecule has 0 bridgehead atoms. The van der Waals surface area contributed by atoms with Crippen molar-refractivity contribution >= 4 is 15.9 Å². The Morgan fingerprint density at radius 2 is 2.00 bits per heavy atom. The van der Waals surface area contributed by atoms with Crippen LogP contribution in [-0.4, -0.2) is 37.8 Å². The fraction of sp³-hybridized carbons (Fsp3) is 0.526. The van der Waals surface area contributed by atoms with Crippen LogP contribution in [0.5, 0.6) is 0 Å². The second-order valence-electron chi connectivity index (χ2n) is 7.05. The predicted octanol–water partition coefficient (Wildman–Crippen LogP) is 3.58. The van der Waals surface area contributed by atoms with Gasteiger partial charge in [0.1, 0.15) is 0 Å². The van der Waals surface area contributed by atoms with Crippen LogP contribution >= 0.6 is 0 Å². The summed E-state index contributed by atoms with van der Waals surface area (Å²) in [6, 6.07) is 3.47. The molecule has 2 rings (SSSR count). The Bertz CT molecular complexity index is 809. The largest absolute Gasteiger partial charge is 0.416 e. The summed E-state index contributed by atoms with van der Waals surface area (Å²) in [5.74, 6) is -0.179. The number of nitrogens with zero attached hydrogens (tertiary/aromatic N) is 1. The number of amides is 1. The van der Waals surface area contributed by atoms with Gasteiger partial charge in [0.2, 0.25) is 15.9 Å². The Kier molecular flexibility index (Phi) is 7.28. The summed E-state index contributed by atoms with van der Waals surface area (Å²) in [6.07, 6.45) is 0.539. The van der Waals surface area contributed by atoms with Gasteiger partial charge in [-0.2, -0.15) is 17.5 Å². The molecular formula is C19H25F3N2O3S. The van der Waals surface area contributed by atoms with Crippen LogP contribution < -0.4 is 5.32 Å². The van der Waals surface area contributed by atoms with E-state index in [-0.39, 0.29) is 12.6 Å². The molecule has 1 aliphatic rings. The molecule has 9 heteroatoms. The number of benzene rings is 1. The van der Waals surface area contributed by atoms with Gasteiger partial charge < -0.3 is 5.32 Å². The molecule has 0 aliphatic heterocycles. The Morgan fingerprint density at radius 1 is 1.32 bits per heavy atom. The molecule has 0 radical (unpaired) electrons. The molecule has 1 aromatic rings. The lowest BCUT2D eigenvalue weighted by molar-refractivity contribution is -0.137. The van der Waals surface area contributed by atoms with Crippen LogP contribution in [0.1, 0.15) is 38.2 Å². The molecule has 1 N–H and O–H groups in total. The molecule has 156 valence electrons. The molecule has 1 aromatic carbocycles. The summed E-state index contributed by atoms with van der Waals surface area (Å²) in [6.45, 7) is 4.85. The first kappa shape index (κ1) is 22.4. The van der Waals surface area contributed by atoms with Crippen LogP contribution in [0, 0.1) is 5.92 Å². The van der Waals surface area contributed by atoms with Crippen molar-refractivity contribution in [3.8, 4) is 0 Å². The maximum Gasteiger partial charge on any atom is 0.416 e. The van der Waals surface area contributed by atoms with E-state index in [9.17, 15) is 26.4 Å². The zero-order valence-electron chi connectivity index (χ0n) is 15.7. The minimum absolute atomic E-state index is 0.0249. The van der Waals surface area contributed by atoms with Crippen molar-refractivity contribution in [2.45, 2.75) is 49.7 Å². The highest BCUT2D eigenvalue weighted by Gasteiger charge is 2.33. The number of halogens is 3. The summed E-state index contributed by atoms with van der Waals surface area (Å²) in [4.78, 5) is 11.9. The zero-order chi connectivity index (χ0) is 20.9. The lowest BCUT2D eigenvalue weighted by Gasteiger charge is -2.30. The highest BCUT2D eigenvalue weighted by molar-refractivity contribution is 7.89. The summed E-state index contributed by atoms with van der Waals surface area (Å²) in [7, 11) is -4.29. The number of hydrogen-bond acceptors (Lipinski definition) is 3. The number of alkyl halides is 3. The number of hydrogen-bond donors (Lipinski definition) is 1. The smallest absolute Gasteiger partial charge is 0.352 e. The second kappa shape index (κ2) is 9.09. The van der Waals surface area contributed by atoms with Crippen LogP contribution in [0.25, 0.3) is 0 Å². The Morgan fingerprint density at radius 3 is 2.61 bits per heavy atom. The molecule has 1 fully saturated rings. The number of carbonyl (C=O) groups excluding carboxylic acids is 1. The topological polar surface area (TPSA) is 66.5 Å². The van der Waals surface area contributed by atoms with Gasteiger partial charge in [-0.1, -0.05) is 31.9 Å². The highest BCUT2D eigenvalue weighted by Crippen LogP contribution is 2.31. The maximum atomic E-state index is 12.9. The Balaban J connectivity index is 2.19. The van der Waals surface area contributed by atoms with Gasteiger partial charge in [0.15, 0.2) is 0 Å². The van der Waals surface area contributed by atoms with E-state index in [1.807, 2.05) is 6.92 Å². The van der Waals surface area contributed by atoms with Crippen molar-refractivity contribution in [2.24, 2.45) is 5.92 Å². The molecule has 0 heterocycles. The summed E-state index contributed by atoms with van der Waals surface area (Å²) < 4.78 is 65.3. The average Bonchev–Trinajstić information content (AvgIpc) is 2.62. The third-order valence-corrected chi connectivity index (χ3v) is 6.72. The van der Waals surface area contributed by atoms with Crippen molar-refractivity contribution in [1.29, 1.82) is 0 Å². The van der Waals surface area contributed by atoms with E-state index < -0.39 is 39.1 Å². The molecule has 28 heavy (non-hydrogen) atoms. The van der Waals surface area contributed by atoms with Crippen LogP contribution in [0.15, 0.2) is 41.8 Å². The molecule has 1 amide bonds. The minimum atomic E-state index is -4.66. The third kappa shape index (κ3) is 5.57. The Hall–Kier alpha value is -1.87. The van der Waals surface area contributed by atoms with E-state index >= 15 is 0 Å². The van der Waals surface area contributed by atoms with Crippen LogP contribution in [0.2, 0.25) is 0 Å². The minimum Gasteiger partial charge on any atom is -0.352 e. The molecule has 5 nitrogen and oxygen atoms in total. The zero-order valence-corrected chi connectivity index (χ0v) is 16.5. The number of nitrogens with one attached hydrogen (secondary N) is 1. The van der Waals surface area contributed by atoms with Gasteiger partial charge in [0, 0.05) is 12.6 Å². The SMILES string of the molecule is C=CCN(CC(=O)NC1CCCCC1C)S(=O)(=O)c1cccc(C(F)(F)F)c1. The lowest BCUT2D eigenvalue weighted by Crippen LogP contribution is -2.47. The highest BCUT2D eigenvalue weighted by atomic mass is 32.2. The van der Waals surface area contributed by atoms with Crippen molar-refractivity contribution in [2.75, 3.05) is 13.1 Å². The van der Waals surface area contributed by atoms with E-state index in [2.05, 4.69) is 11.9 Å². The molecule has 2 atom stereocenters.